The van der Waals surface area contributed by atoms with Gasteiger partial charge in [0.2, 0.25) is 11.8 Å². The van der Waals surface area contributed by atoms with Gasteiger partial charge in [0.25, 0.3) is 5.91 Å². The molecule has 1 spiro atoms. The van der Waals surface area contributed by atoms with Gasteiger partial charge in [-0.05, 0) is 36.5 Å². The van der Waals surface area contributed by atoms with Crippen LogP contribution in [0.3, 0.4) is 0 Å². The van der Waals surface area contributed by atoms with Crippen LogP contribution < -0.4 is 16.0 Å². The lowest BCUT2D eigenvalue weighted by atomic mass is 9.93. The first-order chi connectivity index (χ1) is 14.0. The minimum Gasteiger partial charge on any atom is -0.368 e. The van der Waals surface area contributed by atoms with Crippen LogP contribution in [-0.4, -0.2) is 60.0 Å². The maximum absolute atomic E-state index is 12.7. The molecule has 4 aliphatic rings. The lowest BCUT2D eigenvalue weighted by molar-refractivity contribution is -0.136. The maximum Gasteiger partial charge on any atom is 0.255 e. The Balaban J connectivity index is 1.18. The summed E-state index contributed by atoms with van der Waals surface area (Å²) in [7, 11) is 0. The second kappa shape index (κ2) is 7.19. The summed E-state index contributed by atoms with van der Waals surface area (Å²) in [6.07, 6.45) is 3.14. The van der Waals surface area contributed by atoms with Gasteiger partial charge in [0.05, 0.1) is 11.7 Å². The number of hydrogen-bond donors (Lipinski definition) is 3. The molecule has 2 atom stereocenters. The monoisotopic (exact) mass is 398 g/mol. The van der Waals surface area contributed by atoms with Crippen LogP contribution in [0, 0.1) is 0 Å². The quantitative estimate of drug-likeness (QED) is 0.607. The van der Waals surface area contributed by atoms with Crippen molar-refractivity contribution in [3.8, 4) is 0 Å². The van der Waals surface area contributed by atoms with Crippen LogP contribution in [0.1, 0.15) is 47.2 Å². The molecule has 3 amide bonds. The highest BCUT2D eigenvalue weighted by molar-refractivity contribution is 6.05. The van der Waals surface area contributed by atoms with Crippen LogP contribution in [0.2, 0.25) is 0 Å². The van der Waals surface area contributed by atoms with Crippen molar-refractivity contribution in [2.24, 2.45) is 0 Å². The van der Waals surface area contributed by atoms with E-state index in [-0.39, 0.29) is 35.8 Å². The molecule has 29 heavy (non-hydrogen) atoms. The summed E-state index contributed by atoms with van der Waals surface area (Å²) in [5.74, 6) is -0.775. The number of benzene rings is 1. The van der Waals surface area contributed by atoms with Gasteiger partial charge >= 0.3 is 0 Å². The molecule has 1 aromatic carbocycles. The fourth-order valence-electron chi connectivity index (χ4n) is 4.82. The SMILES string of the molecule is O=C1CCC(N2Cc3cc(CNCC4CCC5(CNC5)O4)ccc3C2=O)C(=O)N1. The summed E-state index contributed by atoms with van der Waals surface area (Å²) in [5, 5.41) is 9.10. The topological polar surface area (TPSA) is 99.8 Å². The van der Waals surface area contributed by atoms with Crippen molar-refractivity contribution in [1.29, 1.82) is 0 Å². The molecule has 3 N–H and O–H groups in total. The van der Waals surface area contributed by atoms with Crippen molar-refractivity contribution >= 4 is 17.7 Å². The van der Waals surface area contributed by atoms with Gasteiger partial charge in [-0.15, -0.1) is 0 Å². The molecule has 0 bridgehead atoms. The van der Waals surface area contributed by atoms with Crippen molar-refractivity contribution in [3.05, 3.63) is 34.9 Å². The van der Waals surface area contributed by atoms with Crippen molar-refractivity contribution in [3.63, 3.8) is 0 Å². The predicted octanol–water partition coefficient (Wildman–Crippen LogP) is 0.0582. The Labute approximate surface area is 169 Å². The molecule has 4 heterocycles. The molecule has 154 valence electrons. The van der Waals surface area contributed by atoms with E-state index in [1.807, 2.05) is 18.2 Å². The van der Waals surface area contributed by atoms with Gasteiger partial charge in [0.1, 0.15) is 6.04 Å². The minimum atomic E-state index is -0.568. The summed E-state index contributed by atoms with van der Waals surface area (Å²) < 4.78 is 6.17. The van der Waals surface area contributed by atoms with Crippen LogP contribution in [-0.2, 0) is 27.4 Å². The third-order valence-electron chi connectivity index (χ3n) is 6.52. The second-order valence-electron chi connectivity index (χ2n) is 8.59. The van der Waals surface area contributed by atoms with Crippen LogP contribution in [0.5, 0.6) is 0 Å². The highest BCUT2D eigenvalue weighted by Gasteiger charge is 2.44. The van der Waals surface area contributed by atoms with Gasteiger partial charge in [-0.25, -0.2) is 0 Å². The lowest BCUT2D eigenvalue weighted by Gasteiger charge is -2.38. The zero-order chi connectivity index (χ0) is 20.0. The highest BCUT2D eigenvalue weighted by atomic mass is 16.5. The van der Waals surface area contributed by atoms with E-state index in [2.05, 4.69) is 16.0 Å². The van der Waals surface area contributed by atoms with Gasteiger partial charge in [-0.2, -0.15) is 0 Å². The molecule has 5 rings (SSSR count). The first kappa shape index (κ1) is 18.7. The van der Waals surface area contributed by atoms with E-state index in [1.165, 1.54) is 0 Å². The first-order valence-corrected chi connectivity index (χ1v) is 10.4. The zero-order valence-electron chi connectivity index (χ0n) is 16.3. The molecule has 3 saturated heterocycles. The molecule has 3 fully saturated rings. The number of piperidine rings is 1. The molecule has 1 aromatic rings. The molecule has 4 aliphatic heterocycles. The number of rotatable bonds is 5. The van der Waals surface area contributed by atoms with E-state index in [0.29, 0.717) is 25.1 Å². The van der Waals surface area contributed by atoms with E-state index in [9.17, 15) is 14.4 Å². The van der Waals surface area contributed by atoms with E-state index in [1.54, 1.807) is 4.90 Å². The Morgan fingerprint density at radius 1 is 1.21 bits per heavy atom. The summed E-state index contributed by atoms with van der Waals surface area (Å²) in [4.78, 5) is 37.8. The van der Waals surface area contributed by atoms with Crippen molar-refractivity contribution in [2.45, 2.75) is 56.5 Å². The molecular weight excluding hydrogens is 372 g/mol. The van der Waals surface area contributed by atoms with E-state index < -0.39 is 6.04 Å². The fourth-order valence-corrected chi connectivity index (χ4v) is 4.82. The largest absolute Gasteiger partial charge is 0.368 e. The Morgan fingerprint density at radius 2 is 2.07 bits per heavy atom. The van der Waals surface area contributed by atoms with E-state index in [4.69, 9.17) is 4.74 Å². The number of nitrogens with one attached hydrogen (secondary N) is 3. The third-order valence-corrected chi connectivity index (χ3v) is 6.52. The third kappa shape index (κ3) is 3.45. The van der Waals surface area contributed by atoms with E-state index >= 15 is 0 Å². The molecule has 0 aromatic heterocycles. The van der Waals surface area contributed by atoms with Gasteiger partial charge in [-0.1, -0.05) is 12.1 Å². The van der Waals surface area contributed by atoms with Crippen molar-refractivity contribution in [1.82, 2.24) is 20.9 Å². The lowest BCUT2D eigenvalue weighted by Crippen LogP contribution is -2.59. The number of carbonyl (C=O) groups is 3. The number of imide groups is 1. The standard InChI is InChI=1S/C21H26N4O4/c26-18-4-3-17(19(27)24-18)25-10-14-7-13(1-2-16(14)20(25)28)8-22-9-15-5-6-21(29-15)11-23-12-21/h1-2,7,15,17,22-23H,3-6,8-12H2,(H,24,26,27). The number of amides is 3. The highest BCUT2D eigenvalue weighted by Crippen LogP contribution is 2.33. The minimum absolute atomic E-state index is 0.0831. The molecule has 8 nitrogen and oxygen atoms in total. The average molecular weight is 398 g/mol. The number of nitrogens with zero attached hydrogens (tertiary/aromatic N) is 1. The average Bonchev–Trinajstić information content (AvgIpc) is 3.24. The van der Waals surface area contributed by atoms with Crippen LogP contribution in [0.15, 0.2) is 18.2 Å². The zero-order valence-corrected chi connectivity index (χ0v) is 16.3. The predicted molar refractivity (Wildman–Crippen MR) is 104 cm³/mol. The Kier molecular flexibility index (Phi) is 4.64. The molecule has 0 radical (unpaired) electrons. The van der Waals surface area contributed by atoms with Crippen LogP contribution >= 0.6 is 0 Å². The number of ether oxygens (including phenoxy) is 1. The number of fused-ring (bicyclic) bond motifs is 1. The molecule has 2 unspecified atom stereocenters. The Morgan fingerprint density at radius 3 is 2.79 bits per heavy atom. The van der Waals surface area contributed by atoms with Crippen molar-refractivity contribution in [2.75, 3.05) is 19.6 Å². The summed E-state index contributed by atoms with van der Waals surface area (Å²) >= 11 is 0. The van der Waals surface area contributed by atoms with Crippen molar-refractivity contribution < 1.29 is 19.1 Å². The molecule has 0 saturated carbocycles. The molecule has 0 aliphatic carbocycles. The van der Waals surface area contributed by atoms with Gasteiger partial charge in [0, 0.05) is 44.7 Å². The van der Waals surface area contributed by atoms with Gasteiger partial charge < -0.3 is 20.3 Å². The fraction of sp³-hybridized carbons (Fsp3) is 0.571. The summed E-state index contributed by atoms with van der Waals surface area (Å²) in [5.41, 5.74) is 2.78. The van der Waals surface area contributed by atoms with Crippen LogP contribution in [0.25, 0.3) is 0 Å². The normalized spacial score (nSPS) is 27.9. The van der Waals surface area contributed by atoms with E-state index in [0.717, 1.165) is 43.6 Å². The summed E-state index contributed by atoms with van der Waals surface area (Å²) in [6.45, 7) is 3.87. The summed E-state index contributed by atoms with van der Waals surface area (Å²) in [6, 6.07) is 5.28. The second-order valence-corrected chi connectivity index (χ2v) is 8.59. The smallest absolute Gasteiger partial charge is 0.255 e. The maximum atomic E-state index is 12.7. The number of carbonyl (C=O) groups excluding carboxylic acids is 3. The Hall–Kier alpha value is -2.29. The Bertz CT molecular complexity index is 866. The molecular formula is C21H26N4O4. The van der Waals surface area contributed by atoms with Crippen LogP contribution in [0.4, 0.5) is 0 Å². The number of hydrogen-bond acceptors (Lipinski definition) is 6. The van der Waals surface area contributed by atoms with Gasteiger partial charge in [-0.3, -0.25) is 19.7 Å². The van der Waals surface area contributed by atoms with Gasteiger partial charge in [0.15, 0.2) is 0 Å². The first-order valence-electron chi connectivity index (χ1n) is 10.4. The molecule has 8 heteroatoms.